The maximum absolute atomic E-state index is 11.9. The molecule has 0 aliphatic carbocycles. The summed E-state index contributed by atoms with van der Waals surface area (Å²) >= 11 is 0. The van der Waals surface area contributed by atoms with Crippen LogP contribution in [0.3, 0.4) is 0 Å². The first-order chi connectivity index (χ1) is 10.6. The van der Waals surface area contributed by atoms with Crippen molar-refractivity contribution in [2.45, 2.75) is 12.8 Å². The van der Waals surface area contributed by atoms with E-state index in [9.17, 15) is 4.79 Å². The van der Waals surface area contributed by atoms with Crippen LogP contribution in [0.4, 0.5) is 0 Å². The van der Waals surface area contributed by atoms with Gasteiger partial charge in [-0.3, -0.25) is 9.78 Å². The zero-order valence-electron chi connectivity index (χ0n) is 13.2. The SMILES string of the molecule is CN(C)CCCNCCCNC(=O)/C(=N\O)c1ccccn1. The van der Waals surface area contributed by atoms with E-state index in [1.807, 2.05) is 0 Å². The van der Waals surface area contributed by atoms with E-state index in [2.05, 4.69) is 39.8 Å². The number of pyridine rings is 1. The third kappa shape index (κ3) is 7.14. The highest BCUT2D eigenvalue weighted by Crippen LogP contribution is 1.97. The Balaban J connectivity index is 2.18. The van der Waals surface area contributed by atoms with Crippen molar-refractivity contribution in [3.05, 3.63) is 30.1 Å². The minimum absolute atomic E-state index is 0.0699. The summed E-state index contributed by atoms with van der Waals surface area (Å²) in [5, 5.41) is 18.0. The molecular formula is C15H25N5O2. The number of rotatable bonds is 10. The van der Waals surface area contributed by atoms with Gasteiger partial charge in [0.25, 0.3) is 5.91 Å². The standard InChI is InChI=1S/C15H25N5O2/c1-20(2)12-6-9-16-8-5-11-18-15(21)14(19-22)13-7-3-4-10-17-13/h3-4,7,10,16,22H,5-6,8-9,11-12H2,1-2H3,(H,18,21)/b19-14-. The predicted molar refractivity (Wildman–Crippen MR) is 86.2 cm³/mol. The number of carbonyl (C=O) groups is 1. The summed E-state index contributed by atoms with van der Waals surface area (Å²) in [7, 11) is 4.11. The molecule has 0 atom stereocenters. The molecule has 0 unspecified atom stereocenters. The van der Waals surface area contributed by atoms with E-state index < -0.39 is 5.91 Å². The van der Waals surface area contributed by atoms with Crippen LogP contribution in [0.25, 0.3) is 0 Å². The van der Waals surface area contributed by atoms with E-state index in [0.717, 1.165) is 32.5 Å². The molecule has 122 valence electrons. The molecule has 0 aliphatic heterocycles. The van der Waals surface area contributed by atoms with E-state index in [1.165, 1.54) is 0 Å². The van der Waals surface area contributed by atoms with Gasteiger partial charge in [-0.15, -0.1) is 0 Å². The summed E-state index contributed by atoms with van der Waals surface area (Å²) in [6.07, 6.45) is 3.46. The molecule has 0 bridgehead atoms. The van der Waals surface area contributed by atoms with Crippen LogP contribution >= 0.6 is 0 Å². The summed E-state index contributed by atoms with van der Waals surface area (Å²) in [4.78, 5) is 18.1. The predicted octanol–water partition coefficient (Wildman–Crippen LogP) is 0.308. The molecular weight excluding hydrogens is 282 g/mol. The Labute approximate surface area is 131 Å². The van der Waals surface area contributed by atoms with Gasteiger partial charge < -0.3 is 20.7 Å². The second-order valence-corrected chi connectivity index (χ2v) is 5.18. The van der Waals surface area contributed by atoms with Crippen LogP contribution in [0.1, 0.15) is 18.5 Å². The largest absolute Gasteiger partial charge is 0.410 e. The Morgan fingerprint density at radius 2 is 2.05 bits per heavy atom. The molecule has 22 heavy (non-hydrogen) atoms. The molecule has 0 saturated heterocycles. The lowest BCUT2D eigenvalue weighted by Crippen LogP contribution is -2.34. The highest BCUT2D eigenvalue weighted by Gasteiger charge is 2.14. The number of hydrogen-bond donors (Lipinski definition) is 3. The lowest BCUT2D eigenvalue weighted by molar-refractivity contribution is -0.114. The van der Waals surface area contributed by atoms with Gasteiger partial charge in [0.2, 0.25) is 0 Å². The Bertz CT molecular complexity index is 462. The summed E-state index contributed by atoms with van der Waals surface area (Å²) in [5.41, 5.74) is 0.281. The maximum atomic E-state index is 11.9. The summed E-state index contributed by atoms with van der Waals surface area (Å²) in [5.74, 6) is -0.422. The molecule has 0 saturated carbocycles. The normalized spacial score (nSPS) is 11.7. The molecule has 1 heterocycles. The monoisotopic (exact) mass is 307 g/mol. The average molecular weight is 307 g/mol. The first-order valence-electron chi connectivity index (χ1n) is 7.42. The van der Waals surface area contributed by atoms with Gasteiger partial charge in [-0.05, 0) is 58.7 Å². The summed E-state index contributed by atoms with van der Waals surface area (Å²) in [6, 6.07) is 5.09. The van der Waals surface area contributed by atoms with Crippen LogP contribution in [0.15, 0.2) is 29.6 Å². The third-order valence-corrected chi connectivity index (χ3v) is 3.00. The number of amides is 1. The van der Waals surface area contributed by atoms with Gasteiger partial charge in [0.05, 0.1) is 5.69 Å². The Kier molecular flexibility index (Phi) is 8.78. The van der Waals surface area contributed by atoms with E-state index in [-0.39, 0.29) is 5.71 Å². The molecule has 0 radical (unpaired) electrons. The fourth-order valence-electron chi connectivity index (χ4n) is 1.86. The molecule has 1 rings (SSSR count). The Morgan fingerprint density at radius 1 is 1.27 bits per heavy atom. The fourth-order valence-corrected chi connectivity index (χ4v) is 1.86. The van der Waals surface area contributed by atoms with Crippen molar-refractivity contribution in [3.8, 4) is 0 Å². The first kappa shape index (κ1) is 18.1. The van der Waals surface area contributed by atoms with E-state index >= 15 is 0 Å². The molecule has 0 fully saturated rings. The van der Waals surface area contributed by atoms with Crippen LogP contribution in [-0.2, 0) is 4.79 Å². The lowest BCUT2D eigenvalue weighted by atomic mass is 10.2. The number of carbonyl (C=O) groups excluding carboxylic acids is 1. The van der Waals surface area contributed by atoms with Crippen molar-refractivity contribution in [1.82, 2.24) is 20.5 Å². The van der Waals surface area contributed by atoms with Gasteiger partial charge in [0.15, 0.2) is 5.71 Å². The molecule has 3 N–H and O–H groups in total. The van der Waals surface area contributed by atoms with E-state index in [1.54, 1.807) is 24.4 Å². The molecule has 0 aromatic carbocycles. The lowest BCUT2D eigenvalue weighted by Gasteiger charge is -2.10. The quantitative estimate of drug-likeness (QED) is 0.250. The number of nitrogens with zero attached hydrogens (tertiary/aromatic N) is 3. The van der Waals surface area contributed by atoms with Gasteiger partial charge in [-0.1, -0.05) is 11.2 Å². The van der Waals surface area contributed by atoms with Crippen LogP contribution in [0.5, 0.6) is 0 Å². The second kappa shape index (κ2) is 10.7. The minimum Gasteiger partial charge on any atom is -0.410 e. The van der Waals surface area contributed by atoms with Crippen molar-refractivity contribution < 1.29 is 10.0 Å². The number of aromatic nitrogens is 1. The Morgan fingerprint density at radius 3 is 2.68 bits per heavy atom. The number of hydrogen-bond acceptors (Lipinski definition) is 6. The van der Waals surface area contributed by atoms with Gasteiger partial charge in [-0.25, -0.2) is 0 Å². The van der Waals surface area contributed by atoms with Crippen molar-refractivity contribution in [3.63, 3.8) is 0 Å². The highest BCUT2D eigenvalue weighted by atomic mass is 16.4. The van der Waals surface area contributed by atoms with Crippen molar-refractivity contribution in [2.24, 2.45) is 5.16 Å². The summed E-state index contributed by atoms with van der Waals surface area (Å²) in [6.45, 7) is 3.38. The second-order valence-electron chi connectivity index (χ2n) is 5.18. The molecule has 1 aromatic rings. The summed E-state index contributed by atoms with van der Waals surface area (Å²) < 4.78 is 0. The molecule has 7 nitrogen and oxygen atoms in total. The average Bonchev–Trinajstić information content (AvgIpc) is 2.51. The molecule has 7 heteroatoms. The van der Waals surface area contributed by atoms with Crippen molar-refractivity contribution in [1.29, 1.82) is 0 Å². The van der Waals surface area contributed by atoms with Crippen molar-refractivity contribution in [2.75, 3.05) is 40.3 Å². The first-order valence-corrected chi connectivity index (χ1v) is 7.42. The maximum Gasteiger partial charge on any atom is 0.275 e. The zero-order valence-corrected chi connectivity index (χ0v) is 13.2. The molecule has 0 aliphatic rings. The van der Waals surface area contributed by atoms with Gasteiger partial charge >= 0.3 is 0 Å². The minimum atomic E-state index is -0.422. The topological polar surface area (TPSA) is 89.8 Å². The van der Waals surface area contributed by atoms with Crippen LogP contribution in [0.2, 0.25) is 0 Å². The van der Waals surface area contributed by atoms with Crippen molar-refractivity contribution >= 4 is 11.6 Å². The fraction of sp³-hybridized carbons (Fsp3) is 0.533. The third-order valence-electron chi connectivity index (χ3n) is 3.00. The smallest absolute Gasteiger partial charge is 0.275 e. The zero-order chi connectivity index (χ0) is 16.2. The van der Waals surface area contributed by atoms with Crippen LogP contribution in [-0.4, -0.2) is 67.0 Å². The van der Waals surface area contributed by atoms with Gasteiger partial charge in [-0.2, -0.15) is 0 Å². The number of nitrogens with one attached hydrogen (secondary N) is 2. The van der Waals surface area contributed by atoms with Gasteiger partial charge in [0, 0.05) is 12.7 Å². The number of oxime groups is 1. The van der Waals surface area contributed by atoms with Crippen LogP contribution in [0, 0.1) is 0 Å². The molecule has 1 aromatic heterocycles. The van der Waals surface area contributed by atoms with Gasteiger partial charge in [0.1, 0.15) is 0 Å². The highest BCUT2D eigenvalue weighted by molar-refractivity contribution is 6.44. The van der Waals surface area contributed by atoms with Crippen LogP contribution < -0.4 is 10.6 Å². The van der Waals surface area contributed by atoms with E-state index in [4.69, 9.17) is 5.21 Å². The Hall–Kier alpha value is -1.99. The molecule has 0 spiro atoms. The molecule has 1 amide bonds. The van der Waals surface area contributed by atoms with E-state index in [0.29, 0.717) is 12.2 Å².